The van der Waals surface area contributed by atoms with Crippen molar-refractivity contribution in [3.8, 4) is 11.5 Å². The van der Waals surface area contributed by atoms with E-state index in [9.17, 15) is 9.18 Å². The topological polar surface area (TPSA) is 51.1 Å². The third-order valence-corrected chi connectivity index (χ3v) is 6.71. The molecule has 0 aliphatic carbocycles. The van der Waals surface area contributed by atoms with Gasteiger partial charge in [0.15, 0.2) is 16.7 Å². The fraction of sp³-hybridized carbons (Fsp3) is 0.185. The van der Waals surface area contributed by atoms with Gasteiger partial charge in [0.1, 0.15) is 12.4 Å². The number of rotatable bonds is 8. The molecule has 1 aliphatic heterocycles. The van der Waals surface area contributed by atoms with Crippen LogP contribution in [0.1, 0.15) is 25.0 Å². The summed E-state index contributed by atoms with van der Waals surface area (Å²) in [5.74, 6) is 0.741. The van der Waals surface area contributed by atoms with E-state index in [1.807, 2.05) is 62.4 Å². The second kappa shape index (κ2) is 11.6. The molecule has 3 aromatic carbocycles. The molecule has 1 amide bonds. The smallest absolute Gasteiger partial charge is 0.266 e. The Kier molecular flexibility index (Phi) is 8.25. The predicted molar refractivity (Wildman–Crippen MR) is 143 cm³/mol. The second-order valence-electron chi connectivity index (χ2n) is 7.57. The van der Waals surface area contributed by atoms with E-state index in [1.165, 1.54) is 23.9 Å². The lowest BCUT2D eigenvalue weighted by Crippen LogP contribution is -2.28. The summed E-state index contributed by atoms with van der Waals surface area (Å²) >= 11 is 4.89. The van der Waals surface area contributed by atoms with Gasteiger partial charge in [-0.25, -0.2) is 9.38 Å². The molecule has 180 valence electrons. The number of hydrogen-bond acceptors (Lipinski definition) is 5. The molecule has 0 aromatic heterocycles. The Balaban J connectivity index is 1.61. The number of ether oxygens (including phenoxy) is 2. The van der Waals surface area contributed by atoms with E-state index in [1.54, 1.807) is 17.0 Å². The van der Waals surface area contributed by atoms with Gasteiger partial charge in [0, 0.05) is 6.54 Å². The van der Waals surface area contributed by atoms with E-state index < -0.39 is 0 Å². The van der Waals surface area contributed by atoms with E-state index in [-0.39, 0.29) is 11.7 Å². The van der Waals surface area contributed by atoms with Crippen molar-refractivity contribution < 1.29 is 18.7 Å². The third-order valence-electron chi connectivity index (χ3n) is 5.11. The van der Waals surface area contributed by atoms with Gasteiger partial charge in [0.2, 0.25) is 0 Å². The largest absolute Gasteiger partial charge is 0.490 e. The van der Waals surface area contributed by atoms with Crippen molar-refractivity contribution in [1.29, 1.82) is 0 Å². The van der Waals surface area contributed by atoms with Crippen molar-refractivity contribution in [2.75, 3.05) is 13.2 Å². The summed E-state index contributed by atoms with van der Waals surface area (Å²) in [5, 5.41) is 0.558. The molecular weight excluding hydrogens is 531 g/mol. The number of likely N-dealkylation sites (N-methyl/N-ethyl adjacent to an activating group) is 1. The molecule has 0 atom stereocenters. The van der Waals surface area contributed by atoms with Gasteiger partial charge in [-0.2, -0.15) is 0 Å². The summed E-state index contributed by atoms with van der Waals surface area (Å²) in [6, 6.07) is 19.5. The first-order chi connectivity index (χ1) is 17.0. The van der Waals surface area contributed by atoms with Crippen molar-refractivity contribution >= 4 is 50.5 Å². The molecule has 1 heterocycles. The maximum atomic E-state index is 13.2. The van der Waals surface area contributed by atoms with Crippen molar-refractivity contribution in [2.24, 2.45) is 4.99 Å². The fourth-order valence-electron chi connectivity index (χ4n) is 3.45. The lowest BCUT2D eigenvalue weighted by atomic mass is 10.1. The highest BCUT2D eigenvalue weighted by Crippen LogP contribution is 2.40. The van der Waals surface area contributed by atoms with Crippen LogP contribution in [-0.2, 0) is 11.4 Å². The predicted octanol–water partition coefficient (Wildman–Crippen LogP) is 7.19. The van der Waals surface area contributed by atoms with Gasteiger partial charge in [0.05, 0.1) is 21.7 Å². The molecule has 0 spiro atoms. The number of thioether (sulfide) groups is 1. The van der Waals surface area contributed by atoms with Crippen molar-refractivity contribution in [2.45, 2.75) is 20.5 Å². The fourth-order valence-corrected chi connectivity index (χ4v) is 5.09. The molecule has 0 N–H and O–H groups in total. The zero-order chi connectivity index (χ0) is 24.8. The Morgan fingerprint density at radius 3 is 2.49 bits per heavy atom. The summed E-state index contributed by atoms with van der Waals surface area (Å²) in [6.45, 7) is 5.16. The summed E-state index contributed by atoms with van der Waals surface area (Å²) in [4.78, 5) is 19.7. The Labute approximate surface area is 216 Å². The van der Waals surface area contributed by atoms with Crippen LogP contribution in [0.2, 0.25) is 0 Å². The molecule has 0 radical (unpaired) electrons. The lowest BCUT2D eigenvalue weighted by molar-refractivity contribution is -0.122. The molecule has 35 heavy (non-hydrogen) atoms. The Bertz CT molecular complexity index is 1260. The summed E-state index contributed by atoms with van der Waals surface area (Å²) < 4.78 is 25.9. The summed E-state index contributed by atoms with van der Waals surface area (Å²) in [7, 11) is 0. The van der Waals surface area contributed by atoms with Crippen LogP contribution in [0, 0.1) is 5.82 Å². The number of amides is 1. The van der Waals surface area contributed by atoms with Gasteiger partial charge < -0.3 is 9.47 Å². The molecule has 0 bridgehead atoms. The first kappa shape index (κ1) is 25.0. The number of halogens is 2. The lowest BCUT2D eigenvalue weighted by Gasteiger charge is -2.15. The minimum absolute atomic E-state index is 0.128. The maximum Gasteiger partial charge on any atom is 0.266 e. The van der Waals surface area contributed by atoms with Crippen LogP contribution in [0.3, 0.4) is 0 Å². The van der Waals surface area contributed by atoms with Crippen LogP contribution >= 0.6 is 27.7 Å². The molecule has 8 heteroatoms. The van der Waals surface area contributed by atoms with Gasteiger partial charge in [0.25, 0.3) is 5.91 Å². The van der Waals surface area contributed by atoms with Crippen molar-refractivity contribution in [1.82, 2.24) is 4.90 Å². The molecule has 5 nitrogen and oxygen atoms in total. The van der Waals surface area contributed by atoms with Crippen molar-refractivity contribution in [3.05, 3.63) is 93.1 Å². The molecule has 1 aliphatic rings. The van der Waals surface area contributed by atoms with Crippen LogP contribution in [0.15, 0.2) is 81.1 Å². The minimum atomic E-state index is -0.330. The van der Waals surface area contributed by atoms with Gasteiger partial charge in [-0.15, -0.1) is 0 Å². The molecule has 3 aromatic rings. The standard InChI is InChI=1S/C27H24BrFN2O3S/c1-3-31-26(32)24(35-27(31)30-21-12-10-20(29)11-13-21)16-19-14-22(28)25(23(15-19)33-4-2)34-17-18-8-6-5-7-9-18/h5-16H,3-4,17H2,1-2H3/b24-16+,30-27?. The van der Waals surface area contributed by atoms with E-state index >= 15 is 0 Å². The number of aliphatic imine (C=N–C) groups is 1. The molecule has 4 rings (SSSR count). The number of hydrogen-bond donors (Lipinski definition) is 0. The normalized spacial score (nSPS) is 15.8. The summed E-state index contributed by atoms with van der Waals surface area (Å²) in [6.07, 6.45) is 1.82. The van der Waals surface area contributed by atoms with E-state index in [4.69, 9.17) is 9.47 Å². The van der Waals surface area contributed by atoms with Crippen LogP contribution < -0.4 is 9.47 Å². The van der Waals surface area contributed by atoms with Gasteiger partial charge in [-0.1, -0.05) is 30.3 Å². The number of carbonyl (C=O) groups excluding carboxylic acids is 1. The van der Waals surface area contributed by atoms with E-state index in [0.717, 1.165) is 15.6 Å². The number of carbonyl (C=O) groups is 1. The van der Waals surface area contributed by atoms with Gasteiger partial charge in [-0.05, 0) is 95.1 Å². The van der Waals surface area contributed by atoms with Crippen LogP contribution in [0.25, 0.3) is 6.08 Å². The molecule has 1 saturated heterocycles. The molecule has 1 fully saturated rings. The highest BCUT2D eigenvalue weighted by atomic mass is 79.9. The third kappa shape index (κ3) is 6.13. The first-order valence-corrected chi connectivity index (χ1v) is 12.8. The zero-order valence-electron chi connectivity index (χ0n) is 19.3. The molecular formula is C27H24BrFN2O3S. The Hall–Kier alpha value is -3.10. The number of amidine groups is 1. The van der Waals surface area contributed by atoms with Crippen LogP contribution in [0.4, 0.5) is 10.1 Å². The van der Waals surface area contributed by atoms with Crippen LogP contribution in [-0.4, -0.2) is 29.1 Å². The highest BCUT2D eigenvalue weighted by Gasteiger charge is 2.32. The van der Waals surface area contributed by atoms with Gasteiger partial charge in [-0.3, -0.25) is 9.69 Å². The Morgan fingerprint density at radius 1 is 1.06 bits per heavy atom. The minimum Gasteiger partial charge on any atom is -0.490 e. The average molecular weight is 555 g/mol. The quantitative estimate of drug-likeness (QED) is 0.276. The number of nitrogens with zero attached hydrogens (tertiary/aromatic N) is 2. The highest BCUT2D eigenvalue weighted by molar-refractivity contribution is 9.10. The van der Waals surface area contributed by atoms with Crippen molar-refractivity contribution in [3.63, 3.8) is 0 Å². The SMILES string of the molecule is CCOc1cc(/C=C2/SC(=Nc3ccc(F)cc3)N(CC)C2=O)cc(Br)c1OCc1ccccc1. The van der Waals surface area contributed by atoms with E-state index in [2.05, 4.69) is 20.9 Å². The molecule has 0 unspecified atom stereocenters. The molecule has 0 saturated carbocycles. The zero-order valence-corrected chi connectivity index (χ0v) is 21.7. The summed E-state index contributed by atoms with van der Waals surface area (Å²) in [5.41, 5.74) is 2.43. The monoisotopic (exact) mass is 554 g/mol. The van der Waals surface area contributed by atoms with E-state index in [0.29, 0.717) is 47.0 Å². The Morgan fingerprint density at radius 2 is 1.80 bits per heavy atom. The average Bonchev–Trinajstić information content (AvgIpc) is 3.14. The van der Waals surface area contributed by atoms with Crippen LogP contribution in [0.5, 0.6) is 11.5 Å². The van der Waals surface area contributed by atoms with Gasteiger partial charge >= 0.3 is 0 Å². The maximum absolute atomic E-state index is 13.2. The second-order valence-corrected chi connectivity index (χ2v) is 9.43. The first-order valence-electron chi connectivity index (χ1n) is 11.2. The number of benzene rings is 3.